The molecular formula is C31H29F4N5O3S. The van der Waals surface area contributed by atoms with E-state index in [9.17, 15) is 27.2 Å². The minimum atomic E-state index is -4.74. The van der Waals surface area contributed by atoms with Crippen LogP contribution < -0.4 is 15.5 Å². The Hall–Kier alpha value is -4.52. The molecule has 8 nitrogen and oxygen atoms in total. The molecule has 5 rings (SSSR count). The van der Waals surface area contributed by atoms with Crippen LogP contribution in [0.4, 0.5) is 39.5 Å². The second-order valence-corrected chi connectivity index (χ2v) is 11.0. The third-order valence-corrected chi connectivity index (χ3v) is 7.98. The molecule has 2 aliphatic heterocycles. The minimum Gasteiger partial charge on any atom is -0.445 e. The standard InChI is InChI=1S/C31H29F4N5O3S/c32-24-10-4-5-11-25(24)38-30(42)40-17-15-39(16-18-40)26-14-13-22(19-36-26)37-29(41)28-23(31(33,34)35)9-6-12-27(43-28)44-20-21-7-2-1-3-8-21/h1-5,7-8,10-14,19H,6,9,15-18,20H2,(H,37,41)(H,38,42). The number of anilines is 3. The second kappa shape index (κ2) is 13.8. The minimum absolute atomic E-state index is 0.0804. The van der Waals surface area contributed by atoms with E-state index in [4.69, 9.17) is 4.74 Å². The number of carbonyl (C=O) groups excluding carboxylic acids is 2. The molecule has 44 heavy (non-hydrogen) atoms. The summed E-state index contributed by atoms with van der Waals surface area (Å²) < 4.78 is 61.2. The molecule has 3 aromatic rings. The zero-order valence-corrected chi connectivity index (χ0v) is 24.3. The fourth-order valence-corrected chi connectivity index (χ4v) is 5.53. The summed E-state index contributed by atoms with van der Waals surface area (Å²) >= 11 is 1.22. The van der Waals surface area contributed by atoms with Crippen molar-refractivity contribution < 1.29 is 31.9 Å². The van der Waals surface area contributed by atoms with Crippen LogP contribution in [0.1, 0.15) is 18.4 Å². The number of thioether (sulfide) groups is 1. The molecule has 1 fully saturated rings. The van der Waals surface area contributed by atoms with Crippen molar-refractivity contribution in [1.29, 1.82) is 0 Å². The number of ether oxygens (including phenoxy) is 1. The third-order valence-electron chi connectivity index (χ3n) is 6.97. The van der Waals surface area contributed by atoms with Crippen LogP contribution in [0.3, 0.4) is 0 Å². The Kier molecular flexibility index (Phi) is 9.73. The zero-order chi connectivity index (χ0) is 31.1. The van der Waals surface area contributed by atoms with E-state index in [0.29, 0.717) is 37.7 Å². The fourth-order valence-electron chi connectivity index (χ4n) is 4.65. The maximum absolute atomic E-state index is 13.9. The number of benzene rings is 2. The summed E-state index contributed by atoms with van der Waals surface area (Å²) in [5, 5.41) is 5.28. The molecule has 0 bridgehead atoms. The van der Waals surface area contributed by atoms with Crippen LogP contribution in [0.5, 0.6) is 0 Å². The molecule has 1 aromatic heterocycles. The summed E-state index contributed by atoms with van der Waals surface area (Å²) in [6, 6.07) is 18.1. The molecule has 2 aliphatic rings. The van der Waals surface area contributed by atoms with Gasteiger partial charge < -0.3 is 25.2 Å². The number of nitrogens with one attached hydrogen (secondary N) is 2. The van der Waals surface area contributed by atoms with Crippen molar-refractivity contribution in [2.75, 3.05) is 41.7 Å². The molecule has 0 spiro atoms. The van der Waals surface area contributed by atoms with Gasteiger partial charge in [-0.15, -0.1) is 0 Å². The van der Waals surface area contributed by atoms with E-state index in [2.05, 4.69) is 15.6 Å². The number of rotatable bonds is 7. The van der Waals surface area contributed by atoms with Crippen molar-refractivity contribution in [3.8, 4) is 0 Å². The van der Waals surface area contributed by atoms with Gasteiger partial charge in [0.15, 0.2) is 5.09 Å². The lowest BCUT2D eigenvalue weighted by Gasteiger charge is -2.35. The molecule has 13 heteroatoms. The van der Waals surface area contributed by atoms with Gasteiger partial charge in [0, 0.05) is 31.9 Å². The number of hydrogen-bond donors (Lipinski definition) is 2. The van der Waals surface area contributed by atoms with Crippen molar-refractivity contribution in [1.82, 2.24) is 9.88 Å². The molecule has 2 N–H and O–H groups in total. The molecule has 0 atom stereocenters. The highest BCUT2D eigenvalue weighted by molar-refractivity contribution is 8.02. The van der Waals surface area contributed by atoms with Gasteiger partial charge in [-0.1, -0.05) is 54.2 Å². The van der Waals surface area contributed by atoms with E-state index < -0.39 is 35.3 Å². The zero-order valence-electron chi connectivity index (χ0n) is 23.4. The van der Waals surface area contributed by atoms with E-state index in [-0.39, 0.29) is 29.3 Å². The number of pyridine rings is 1. The number of carbonyl (C=O) groups is 2. The number of hydrogen-bond acceptors (Lipinski definition) is 6. The lowest BCUT2D eigenvalue weighted by Crippen LogP contribution is -2.50. The van der Waals surface area contributed by atoms with Crippen molar-refractivity contribution >= 4 is 40.9 Å². The molecular weight excluding hydrogens is 598 g/mol. The van der Waals surface area contributed by atoms with Gasteiger partial charge in [-0.05, 0) is 48.7 Å². The Morgan fingerprint density at radius 3 is 2.34 bits per heavy atom. The normalized spacial score (nSPS) is 15.7. The van der Waals surface area contributed by atoms with E-state index >= 15 is 0 Å². The monoisotopic (exact) mass is 627 g/mol. The number of piperazine rings is 1. The quantitative estimate of drug-likeness (QED) is 0.277. The molecule has 1 saturated heterocycles. The predicted molar refractivity (Wildman–Crippen MR) is 161 cm³/mol. The highest BCUT2D eigenvalue weighted by Gasteiger charge is 2.40. The van der Waals surface area contributed by atoms with E-state index in [1.54, 1.807) is 29.2 Å². The molecule has 230 valence electrons. The number of allylic oxidation sites excluding steroid dienone is 2. The summed E-state index contributed by atoms with van der Waals surface area (Å²) in [6.07, 6.45) is -2.12. The molecule has 3 heterocycles. The van der Waals surface area contributed by atoms with Crippen molar-refractivity contribution in [2.24, 2.45) is 0 Å². The van der Waals surface area contributed by atoms with E-state index in [1.807, 2.05) is 35.2 Å². The molecule has 3 amide bonds. The van der Waals surface area contributed by atoms with E-state index in [0.717, 1.165) is 5.56 Å². The summed E-state index contributed by atoms with van der Waals surface area (Å²) in [7, 11) is 0. The van der Waals surface area contributed by atoms with Crippen LogP contribution >= 0.6 is 11.8 Å². The Bertz CT molecular complexity index is 1540. The Morgan fingerprint density at radius 1 is 0.932 bits per heavy atom. The third kappa shape index (κ3) is 7.90. The molecule has 0 aliphatic carbocycles. The number of nitrogens with zero attached hydrogens (tertiary/aromatic N) is 3. The van der Waals surface area contributed by atoms with Gasteiger partial charge in [0.25, 0.3) is 5.91 Å². The lowest BCUT2D eigenvalue weighted by molar-refractivity contribution is -0.118. The Labute approximate surface area is 255 Å². The number of aromatic nitrogens is 1. The Balaban J connectivity index is 1.19. The van der Waals surface area contributed by atoms with Crippen LogP contribution in [0.25, 0.3) is 0 Å². The first-order chi connectivity index (χ1) is 21.2. The van der Waals surface area contributed by atoms with Gasteiger partial charge >= 0.3 is 12.2 Å². The first-order valence-electron chi connectivity index (χ1n) is 13.9. The highest BCUT2D eigenvalue weighted by Crippen LogP contribution is 2.38. The number of para-hydroxylation sites is 1. The molecule has 0 unspecified atom stereocenters. The highest BCUT2D eigenvalue weighted by atomic mass is 32.2. The summed E-state index contributed by atoms with van der Waals surface area (Å²) in [6.45, 7) is 1.64. The molecule has 2 aromatic carbocycles. The second-order valence-electron chi connectivity index (χ2n) is 9.99. The van der Waals surface area contributed by atoms with Crippen LogP contribution in [0, 0.1) is 5.82 Å². The number of alkyl halides is 3. The van der Waals surface area contributed by atoms with Gasteiger partial charge in [0.2, 0.25) is 5.76 Å². The Morgan fingerprint density at radius 2 is 1.66 bits per heavy atom. The molecule has 0 radical (unpaired) electrons. The largest absolute Gasteiger partial charge is 0.445 e. The SMILES string of the molecule is O=C(Nc1ccc(N2CCN(C(=O)Nc3ccccc3F)CC2)nc1)C1=C(C(F)(F)F)CCC=C(SCc2ccccc2)O1. The summed E-state index contributed by atoms with van der Waals surface area (Å²) in [4.78, 5) is 33.5. The van der Waals surface area contributed by atoms with Crippen molar-refractivity contribution in [3.63, 3.8) is 0 Å². The number of amides is 3. The summed E-state index contributed by atoms with van der Waals surface area (Å²) in [5.41, 5.74) is 0.245. The average Bonchev–Trinajstić information content (AvgIpc) is 3.25. The average molecular weight is 628 g/mol. The van der Waals surface area contributed by atoms with Gasteiger partial charge in [0.05, 0.1) is 23.1 Å². The van der Waals surface area contributed by atoms with Crippen LogP contribution in [-0.2, 0) is 15.3 Å². The number of halogens is 4. The number of urea groups is 1. The topological polar surface area (TPSA) is 86.8 Å². The first-order valence-corrected chi connectivity index (χ1v) is 14.8. The summed E-state index contributed by atoms with van der Waals surface area (Å²) in [5.74, 6) is -1.28. The lowest BCUT2D eigenvalue weighted by atomic mass is 10.1. The van der Waals surface area contributed by atoms with Crippen LogP contribution in [-0.4, -0.2) is 54.2 Å². The van der Waals surface area contributed by atoms with Crippen LogP contribution in [0.2, 0.25) is 0 Å². The van der Waals surface area contributed by atoms with Gasteiger partial charge in [-0.3, -0.25) is 4.79 Å². The molecule has 0 saturated carbocycles. The van der Waals surface area contributed by atoms with E-state index in [1.165, 1.54) is 36.2 Å². The first kappa shape index (κ1) is 30.9. The van der Waals surface area contributed by atoms with Gasteiger partial charge in [-0.2, -0.15) is 13.2 Å². The van der Waals surface area contributed by atoms with Gasteiger partial charge in [-0.25, -0.2) is 14.2 Å². The smallest absolute Gasteiger partial charge is 0.416 e. The fraction of sp³-hybridized carbons (Fsp3) is 0.258. The maximum Gasteiger partial charge on any atom is 0.416 e. The van der Waals surface area contributed by atoms with Crippen molar-refractivity contribution in [2.45, 2.75) is 24.8 Å². The van der Waals surface area contributed by atoms with Crippen LogP contribution in [0.15, 0.2) is 95.4 Å². The predicted octanol–water partition coefficient (Wildman–Crippen LogP) is 6.91. The maximum atomic E-state index is 13.9. The van der Waals surface area contributed by atoms with Gasteiger partial charge in [0.1, 0.15) is 11.6 Å². The van der Waals surface area contributed by atoms with Crippen molar-refractivity contribution in [3.05, 3.63) is 107 Å².